The molecule has 0 saturated heterocycles. The molecule has 3 N–H and O–H groups in total. The van der Waals surface area contributed by atoms with E-state index in [1.165, 1.54) is 45.9 Å². The molecule has 0 bridgehead atoms. The standard InChI is InChI=1S/C33H30N10O9S/c1-47-21-11-12-25(49-3)26(19-21)53(45,46)41-31-29(52-24-9-5-4-8-23(24)48-2)28(20-13-15-34-22(18-20)30-39-42-43-40-30)37-32(38-31)50-16-17-51-33(44)36-27-10-6-7-14-35-27/h4-15,18-19H,16-17H2,1-3H3,(H,35,36,44)(H,37,38,41)(H,39,40,42,43). The predicted molar refractivity (Wildman–Crippen MR) is 187 cm³/mol. The summed E-state index contributed by atoms with van der Waals surface area (Å²) >= 11 is 0. The Kier molecular flexibility index (Phi) is 11.0. The van der Waals surface area contributed by atoms with Crippen LogP contribution in [0.3, 0.4) is 0 Å². The number of carbonyl (C=O) groups is 1. The Morgan fingerprint density at radius 2 is 1.64 bits per heavy atom. The summed E-state index contributed by atoms with van der Waals surface area (Å²) in [5.41, 5.74) is 0.718. The largest absolute Gasteiger partial charge is 0.497 e. The number of ether oxygens (including phenoxy) is 6. The van der Waals surface area contributed by atoms with Crippen LogP contribution in [0, 0.1) is 0 Å². The van der Waals surface area contributed by atoms with Gasteiger partial charge in [-0.1, -0.05) is 18.2 Å². The number of carbonyl (C=O) groups excluding carboxylic acids is 1. The van der Waals surface area contributed by atoms with Gasteiger partial charge in [-0.25, -0.2) is 18.2 Å². The Bertz CT molecular complexity index is 2300. The molecule has 0 aliphatic heterocycles. The summed E-state index contributed by atoms with van der Waals surface area (Å²) in [6.45, 7) is -0.474. The number of rotatable bonds is 15. The van der Waals surface area contributed by atoms with E-state index in [1.54, 1.807) is 60.7 Å². The van der Waals surface area contributed by atoms with Crippen LogP contribution < -0.4 is 33.7 Å². The van der Waals surface area contributed by atoms with Crippen molar-refractivity contribution in [1.29, 1.82) is 0 Å². The fourth-order valence-corrected chi connectivity index (χ4v) is 5.85. The Labute approximate surface area is 301 Å². The Hall–Kier alpha value is -7.09. The molecule has 4 heterocycles. The van der Waals surface area contributed by atoms with E-state index in [2.05, 4.69) is 50.6 Å². The summed E-state index contributed by atoms with van der Waals surface area (Å²) < 4.78 is 64.2. The van der Waals surface area contributed by atoms with Gasteiger partial charge in [-0.05, 0) is 53.7 Å². The van der Waals surface area contributed by atoms with Crippen LogP contribution in [0.2, 0.25) is 0 Å². The number of hydrogen-bond acceptors (Lipinski definition) is 16. The maximum Gasteiger partial charge on any atom is 0.412 e. The molecule has 0 radical (unpaired) electrons. The van der Waals surface area contributed by atoms with E-state index >= 15 is 0 Å². The first-order chi connectivity index (χ1) is 25.8. The van der Waals surface area contributed by atoms with E-state index in [4.69, 9.17) is 28.4 Å². The van der Waals surface area contributed by atoms with Crippen LogP contribution in [0.1, 0.15) is 0 Å². The molecule has 0 spiro atoms. The van der Waals surface area contributed by atoms with Gasteiger partial charge in [0.15, 0.2) is 23.1 Å². The maximum atomic E-state index is 14.1. The summed E-state index contributed by atoms with van der Waals surface area (Å²) in [5.74, 6) is 0.781. The van der Waals surface area contributed by atoms with Crippen molar-refractivity contribution >= 4 is 27.8 Å². The van der Waals surface area contributed by atoms with Crippen LogP contribution in [0.25, 0.3) is 22.8 Å². The molecule has 2 aromatic carbocycles. The average molecular weight is 743 g/mol. The van der Waals surface area contributed by atoms with Crippen molar-refractivity contribution in [3.8, 4) is 57.5 Å². The quantitative estimate of drug-likeness (QED) is 0.124. The molecule has 4 aromatic heterocycles. The molecular formula is C33H30N10O9S. The van der Waals surface area contributed by atoms with E-state index < -0.39 is 16.1 Å². The maximum absolute atomic E-state index is 14.1. The number of aromatic nitrogens is 8. The zero-order chi connectivity index (χ0) is 37.2. The lowest BCUT2D eigenvalue weighted by Crippen LogP contribution is -2.19. The molecule has 0 unspecified atom stereocenters. The zero-order valence-electron chi connectivity index (χ0n) is 28.2. The van der Waals surface area contributed by atoms with Crippen molar-refractivity contribution in [1.82, 2.24) is 40.6 Å². The molecular weight excluding hydrogens is 712 g/mol. The monoisotopic (exact) mass is 742 g/mol. The lowest BCUT2D eigenvalue weighted by atomic mass is 10.1. The second-order valence-corrected chi connectivity index (χ2v) is 12.0. The summed E-state index contributed by atoms with van der Waals surface area (Å²) in [7, 11) is -0.307. The molecule has 0 fully saturated rings. The molecule has 0 atom stereocenters. The number of nitrogens with zero attached hydrogens (tertiary/aromatic N) is 7. The molecule has 6 rings (SSSR count). The average Bonchev–Trinajstić information content (AvgIpc) is 3.73. The molecule has 0 aliphatic rings. The van der Waals surface area contributed by atoms with Gasteiger partial charge in [-0.3, -0.25) is 15.0 Å². The second-order valence-electron chi connectivity index (χ2n) is 10.4. The number of anilines is 2. The number of methoxy groups -OCH3 is 3. The lowest BCUT2D eigenvalue weighted by Gasteiger charge is -2.19. The summed E-state index contributed by atoms with van der Waals surface area (Å²) in [6, 6.07) is 18.8. The fourth-order valence-electron chi connectivity index (χ4n) is 4.66. The highest BCUT2D eigenvalue weighted by molar-refractivity contribution is 7.92. The molecule has 53 heavy (non-hydrogen) atoms. The van der Waals surface area contributed by atoms with Crippen molar-refractivity contribution in [3.63, 3.8) is 0 Å². The third-order valence-corrected chi connectivity index (χ3v) is 8.43. The van der Waals surface area contributed by atoms with Gasteiger partial charge in [0.05, 0.1) is 21.3 Å². The van der Waals surface area contributed by atoms with Crippen LogP contribution >= 0.6 is 0 Å². The number of tetrazole rings is 1. The number of benzene rings is 2. The van der Waals surface area contributed by atoms with Crippen LogP contribution in [-0.4, -0.2) is 89.6 Å². The number of aromatic amines is 1. The Morgan fingerprint density at radius 1 is 0.830 bits per heavy atom. The molecule has 0 saturated carbocycles. The number of pyridine rings is 2. The van der Waals surface area contributed by atoms with E-state index in [0.29, 0.717) is 22.8 Å². The van der Waals surface area contributed by atoms with Gasteiger partial charge in [0.1, 0.15) is 46.8 Å². The van der Waals surface area contributed by atoms with Gasteiger partial charge in [-0.15, -0.1) is 10.2 Å². The number of sulfonamides is 1. The molecule has 1 amide bonds. The first kappa shape index (κ1) is 35.7. The van der Waals surface area contributed by atoms with Crippen molar-refractivity contribution < 1.29 is 41.6 Å². The van der Waals surface area contributed by atoms with Crippen molar-refractivity contribution in [2.24, 2.45) is 0 Å². The molecule has 272 valence electrons. The van der Waals surface area contributed by atoms with Crippen LogP contribution in [0.4, 0.5) is 16.4 Å². The van der Waals surface area contributed by atoms with Crippen LogP contribution in [0.15, 0.2) is 90.1 Å². The fraction of sp³-hybridized carbons (Fsp3) is 0.152. The van der Waals surface area contributed by atoms with Crippen molar-refractivity contribution in [3.05, 3.63) is 85.2 Å². The van der Waals surface area contributed by atoms with E-state index in [-0.39, 0.29) is 64.5 Å². The smallest absolute Gasteiger partial charge is 0.412 e. The summed E-state index contributed by atoms with van der Waals surface area (Å²) in [4.78, 5) is 29.4. The topological polar surface area (TPSA) is 237 Å². The molecule has 6 aromatic rings. The van der Waals surface area contributed by atoms with Crippen molar-refractivity contribution in [2.75, 3.05) is 44.6 Å². The van der Waals surface area contributed by atoms with E-state index in [1.807, 2.05) is 0 Å². The van der Waals surface area contributed by atoms with Gasteiger partial charge in [-0.2, -0.15) is 15.2 Å². The third-order valence-electron chi connectivity index (χ3n) is 7.07. The minimum atomic E-state index is -4.49. The normalized spacial score (nSPS) is 10.9. The lowest BCUT2D eigenvalue weighted by molar-refractivity contribution is 0.134. The molecule has 20 heteroatoms. The zero-order valence-corrected chi connectivity index (χ0v) is 29.0. The van der Waals surface area contributed by atoms with Gasteiger partial charge in [0.2, 0.25) is 5.82 Å². The third kappa shape index (κ3) is 8.63. The number of hydrogen-bond donors (Lipinski definition) is 3. The highest BCUT2D eigenvalue weighted by Gasteiger charge is 2.28. The minimum absolute atomic E-state index is 0.0243. The minimum Gasteiger partial charge on any atom is -0.497 e. The molecule has 19 nitrogen and oxygen atoms in total. The first-order valence-electron chi connectivity index (χ1n) is 15.4. The second kappa shape index (κ2) is 16.3. The summed E-state index contributed by atoms with van der Waals surface area (Å²) in [5, 5.41) is 16.4. The number of amides is 1. The van der Waals surface area contributed by atoms with E-state index in [0.717, 1.165) is 0 Å². The summed E-state index contributed by atoms with van der Waals surface area (Å²) in [6.07, 6.45) is 2.20. The van der Waals surface area contributed by atoms with Gasteiger partial charge in [0, 0.05) is 24.0 Å². The van der Waals surface area contributed by atoms with E-state index in [9.17, 15) is 13.2 Å². The SMILES string of the molecule is COc1ccc(OC)c(S(=O)(=O)Nc2nc(OCCOC(=O)Nc3ccccn3)nc(-c3ccnc(-c4nn[nH]n4)c3)c2Oc2ccccc2OC)c1. The Morgan fingerprint density at radius 3 is 2.38 bits per heavy atom. The first-order valence-corrected chi connectivity index (χ1v) is 16.9. The van der Waals surface area contributed by atoms with Crippen LogP contribution in [-0.2, 0) is 14.8 Å². The van der Waals surface area contributed by atoms with Gasteiger partial charge >= 0.3 is 12.1 Å². The van der Waals surface area contributed by atoms with Gasteiger partial charge in [0.25, 0.3) is 10.0 Å². The number of nitrogens with one attached hydrogen (secondary N) is 3. The predicted octanol–water partition coefficient (Wildman–Crippen LogP) is 4.36. The van der Waals surface area contributed by atoms with Gasteiger partial charge < -0.3 is 28.4 Å². The van der Waals surface area contributed by atoms with Crippen molar-refractivity contribution in [2.45, 2.75) is 4.90 Å². The van der Waals surface area contributed by atoms with Crippen LogP contribution in [0.5, 0.6) is 34.8 Å². The number of para-hydroxylation sites is 2. The highest BCUT2D eigenvalue weighted by atomic mass is 32.2. The Balaban J connectivity index is 1.43. The molecule has 0 aliphatic carbocycles. The number of H-pyrrole nitrogens is 1. The highest BCUT2D eigenvalue weighted by Crippen LogP contribution is 2.43.